The molecule has 0 atom stereocenters. The lowest BCUT2D eigenvalue weighted by molar-refractivity contribution is 0.354. The number of methoxy groups -OCH3 is 2. The zero-order valence-corrected chi connectivity index (χ0v) is 12.8. The fourth-order valence-electron chi connectivity index (χ4n) is 1.88. The molecule has 0 saturated heterocycles. The summed E-state index contributed by atoms with van der Waals surface area (Å²) in [4.78, 5) is 4.28. The Morgan fingerprint density at radius 3 is 2.38 bits per heavy atom. The maximum atomic E-state index is 9.78. The van der Waals surface area contributed by atoms with Gasteiger partial charge in [0.15, 0.2) is 11.5 Å². The van der Waals surface area contributed by atoms with Gasteiger partial charge < -0.3 is 14.6 Å². The number of rotatable bonds is 4. The predicted octanol–water partition coefficient (Wildman–Crippen LogP) is 4.12. The summed E-state index contributed by atoms with van der Waals surface area (Å²) in [6.45, 7) is 1.95. The van der Waals surface area contributed by atoms with Crippen LogP contribution in [0.25, 0.3) is 0 Å². The second kappa shape index (κ2) is 6.50. The average Bonchev–Trinajstić information content (AvgIpc) is 2.47. The zero-order valence-electron chi connectivity index (χ0n) is 12.1. The number of aliphatic imine (C=N–C) groups is 1. The summed E-state index contributed by atoms with van der Waals surface area (Å²) >= 11 is 5.79. The van der Waals surface area contributed by atoms with Gasteiger partial charge in [-0.3, -0.25) is 4.99 Å². The number of halogens is 1. The van der Waals surface area contributed by atoms with Crippen molar-refractivity contribution in [1.29, 1.82) is 0 Å². The lowest BCUT2D eigenvalue weighted by Crippen LogP contribution is -1.95. The standard InChI is InChI=1S/C16H16ClNO3/c1-10-6-15(20-2)16(21-3)7-11(10)9-18-13-5-4-12(17)8-14(13)19/h4-9,19H,1-3H3. The third-order valence-electron chi connectivity index (χ3n) is 3.05. The van der Waals surface area contributed by atoms with Crippen molar-refractivity contribution in [1.82, 2.24) is 0 Å². The van der Waals surface area contributed by atoms with E-state index < -0.39 is 0 Å². The number of nitrogens with zero attached hydrogens (tertiary/aromatic N) is 1. The van der Waals surface area contributed by atoms with Crippen molar-refractivity contribution >= 4 is 23.5 Å². The van der Waals surface area contributed by atoms with Gasteiger partial charge in [-0.1, -0.05) is 11.6 Å². The van der Waals surface area contributed by atoms with Crippen LogP contribution in [-0.2, 0) is 0 Å². The highest BCUT2D eigenvalue weighted by Gasteiger charge is 2.07. The molecule has 0 bridgehead atoms. The fourth-order valence-corrected chi connectivity index (χ4v) is 2.05. The summed E-state index contributed by atoms with van der Waals surface area (Å²) < 4.78 is 10.5. The van der Waals surface area contributed by atoms with Crippen molar-refractivity contribution < 1.29 is 14.6 Å². The molecule has 0 aromatic heterocycles. The number of hydrogen-bond acceptors (Lipinski definition) is 4. The van der Waals surface area contributed by atoms with Crippen LogP contribution < -0.4 is 9.47 Å². The molecule has 0 aliphatic heterocycles. The number of aromatic hydroxyl groups is 1. The molecule has 0 radical (unpaired) electrons. The topological polar surface area (TPSA) is 51.0 Å². The summed E-state index contributed by atoms with van der Waals surface area (Å²) in [6.07, 6.45) is 1.67. The summed E-state index contributed by atoms with van der Waals surface area (Å²) in [5, 5.41) is 10.2. The molecule has 5 heteroatoms. The Kier molecular flexibility index (Phi) is 4.70. The predicted molar refractivity (Wildman–Crippen MR) is 84.7 cm³/mol. The summed E-state index contributed by atoms with van der Waals surface area (Å²) in [5.74, 6) is 1.34. The molecule has 1 N–H and O–H groups in total. The number of aryl methyl sites for hydroxylation is 1. The highest BCUT2D eigenvalue weighted by molar-refractivity contribution is 6.30. The van der Waals surface area contributed by atoms with Gasteiger partial charge in [0.25, 0.3) is 0 Å². The van der Waals surface area contributed by atoms with E-state index in [-0.39, 0.29) is 5.75 Å². The molecule has 2 aromatic carbocycles. The number of benzene rings is 2. The van der Waals surface area contributed by atoms with Crippen molar-refractivity contribution in [3.05, 3.63) is 46.5 Å². The monoisotopic (exact) mass is 305 g/mol. The Labute approximate surface area is 128 Å². The molecule has 21 heavy (non-hydrogen) atoms. The van der Waals surface area contributed by atoms with E-state index in [1.54, 1.807) is 32.6 Å². The smallest absolute Gasteiger partial charge is 0.161 e. The summed E-state index contributed by atoms with van der Waals surface area (Å²) in [7, 11) is 3.18. The van der Waals surface area contributed by atoms with Crippen LogP contribution in [0, 0.1) is 6.92 Å². The maximum absolute atomic E-state index is 9.78. The van der Waals surface area contributed by atoms with E-state index in [9.17, 15) is 5.11 Å². The number of ether oxygens (including phenoxy) is 2. The molecule has 0 spiro atoms. The van der Waals surface area contributed by atoms with E-state index in [0.29, 0.717) is 22.2 Å². The number of phenolic OH excluding ortho intramolecular Hbond substituents is 1. The zero-order chi connectivity index (χ0) is 15.4. The van der Waals surface area contributed by atoms with Crippen molar-refractivity contribution in [2.45, 2.75) is 6.92 Å². The Hall–Kier alpha value is -2.20. The minimum Gasteiger partial charge on any atom is -0.506 e. The van der Waals surface area contributed by atoms with Gasteiger partial charge in [-0.2, -0.15) is 0 Å². The highest BCUT2D eigenvalue weighted by Crippen LogP contribution is 2.31. The molecule has 2 aromatic rings. The van der Waals surface area contributed by atoms with Crippen LogP contribution in [0.15, 0.2) is 35.3 Å². The first-order chi connectivity index (χ1) is 10.0. The quantitative estimate of drug-likeness (QED) is 0.864. The fraction of sp³-hybridized carbons (Fsp3) is 0.188. The van der Waals surface area contributed by atoms with Gasteiger partial charge in [0.05, 0.1) is 14.2 Å². The maximum Gasteiger partial charge on any atom is 0.161 e. The van der Waals surface area contributed by atoms with Gasteiger partial charge >= 0.3 is 0 Å². The van der Waals surface area contributed by atoms with Gasteiger partial charge in [-0.15, -0.1) is 0 Å². The lowest BCUT2D eigenvalue weighted by atomic mass is 10.1. The van der Waals surface area contributed by atoms with E-state index in [1.165, 1.54) is 6.07 Å². The minimum absolute atomic E-state index is 0.0388. The molecule has 0 fully saturated rings. The van der Waals surface area contributed by atoms with Crippen molar-refractivity contribution in [3.8, 4) is 17.2 Å². The number of phenols is 1. The van der Waals surface area contributed by atoms with Crippen LogP contribution in [-0.4, -0.2) is 25.5 Å². The third-order valence-corrected chi connectivity index (χ3v) is 3.29. The molecule has 4 nitrogen and oxygen atoms in total. The first kappa shape index (κ1) is 15.2. The van der Waals surface area contributed by atoms with Crippen LogP contribution in [0.4, 0.5) is 5.69 Å². The van der Waals surface area contributed by atoms with Crippen molar-refractivity contribution in [2.75, 3.05) is 14.2 Å². The molecule has 110 valence electrons. The largest absolute Gasteiger partial charge is 0.506 e. The molecular weight excluding hydrogens is 290 g/mol. The molecule has 0 aliphatic carbocycles. The minimum atomic E-state index is 0.0388. The van der Waals surface area contributed by atoms with Gasteiger partial charge in [0, 0.05) is 17.3 Å². The average molecular weight is 306 g/mol. The van der Waals surface area contributed by atoms with Crippen LogP contribution in [0.2, 0.25) is 5.02 Å². The first-order valence-corrected chi connectivity index (χ1v) is 6.68. The van der Waals surface area contributed by atoms with Gasteiger partial charge in [0.2, 0.25) is 0 Å². The summed E-state index contributed by atoms with van der Waals surface area (Å²) in [5.41, 5.74) is 2.32. The molecule has 2 rings (SSSR count). The van der Waals surface area contributed by atoms with E-state index in [1.807, 2.05) is 19.1 Å². The second-order valence-corrected chi connectivity index (χ2v) is 4.89. The van der Waals surface area contributed by atoms with Crippen LogP contribution in [0.1, 0.15) is 11.1 Å². The van der Waals surface area contributed by atoms with Crippen LogP contribution in [0.3, 0.4) is 0 Å². The van der Waals surface area contributed by atoms with Crippen molar-refractivity contribution in [3.63, 3.8) is 0 Å². The molecule has 0 saturated carbocycles. The molecule has 0 heterocycles. The SMILES string of the molecule is COc1cc(C)c(C=Nc2ccc(Cl)cc2O)cc1OC. The highest BCUT2D eigenvalue weighted by atomic mass is 35.5. The van der Waals surface area contributed by atoms with E-state index >= 15 is 0 Å². The molecule has 0 unspecified atom stereocenters. The Balaban J connectivity index is 2.36. The van der Waals surface area contributed by atoms with Gasteiger partial charge in [-0.25, -0.2) is 0 Å². The van der Waals surface area contributed by atoms with Crippen LogP contribution in [0.5, 0.6) is 17.2 Å². The van der Waals surface area contributed by atoms with Gasteiger partial charge in [0.1, 0.15) is 11.4 Å². The normalized spacial score (nSPS) is 10.9. The Morgan fingerprint density at radius 1 is 1.10 bits per heavy atom. The first-order valence-electron chi connectivity index (χ1n) is 6.30. The second-order valence-electron chi connectivity index (χ2n) is 4.46. The number of hydrogen-bond donors (Lipinski definition) is 1. The van der Waals surface area contributed by atoms with E-state index in [0.717, 1.165) is 11.1 Å². The lowest BCUT2D eigenvalue weighted by Gasteiger charge is -2.10. The third kappa shape index (κ3) is 3.47. The molecule has 0 amide bonds. The Bertz CT molecular complexity index is 683. The molecular formula is C16H16ClNO3. The molecule has 0 aliphatic rings. The van der Waals surface area contributed by atoms with E-state index in [2.05, 4.69) is 4.99 Å². The van der Waals surface area contributed by atoms with Crippen molar-refractivity contribution in [2.24, 2.45) is 4.99 Å². The Morgan fingerprint density at radius 2 is 1.76 bits per heavy atom. The van der Waals surface area contributed by atoms with E-state index in [4.69, 9.17) is 21.1 Å². The summed E-state index contributed by atoms with van der Waals surface area (Å²) in [6, 6.07) is 8.50. The van der Waals surface area contributed by atoms with Crippen LogP contribution >= 0.6 is 11.6 Å². The van der Waals surface area contributed by atoms with Gasteiger partial charge in [-0.05, 0) is 42.3 Å².